The molecule has 0 saturated heterocycles. The van der Waals surface area contributed by atoms with E-state index in [1.54, 1.807) is 29.0 Å². The molecule has 0 fully saturated rings. The Morgan fingerprint density at radius 1 is 0.727 bits per heavy atom. The Morgan fingerprint density at radius 2 is 1.43 bits per heavy atom. The third kappa shape index (κ3) is 5.38. The highest BCUT2D eigenvalue weighted by Gasteiger charge is 2.35. The van der Waals surface area contributed by atoms with Crippen molar-refractivity contribution in [1.82, 2.24) is 14.3 Å². The third-order valence-electron chi connectivity index (χ3n) is 7.25. The van der Waals surface area contributed by atoms with E-state index in [0.717, 1.165) is 22.9 Å². The lowest BCUT2D eigenvalue weighted by Crippen LogP contribution is -2.11. The van der Waals surface area contributed by atoms with Crippen LogP contribution in [-0.2, 0) is 25.4 Å². The van der Waals surface area contributed by atoms with Crippen LogP contribution in [0.3, 0.4) is 0 Å². The van der Waals surface area contributed by atoms with Crippen molar-refractivity contribution in [3.05, 3.63) is 124 Å². The molecule has 4 aromatic carbocycles. The topological polar surface area (TPSA) is 22.8 Å². The molecular formula is C31H17ClF9N3. The van der Waals surface area contributed by atoms with Crippen LogP contribution in [0, 0.1) is 17.5 Å². The number of fused-ring (bicyclic) bond motifs is 2. The first kappa shape index (κ1) is 29.6. The van der Waals surface area contributed by atoms with Gasteiger partial charge in [-0.25, -0.2) is 13.2 Å². The molecular weight excluding hydrogens is 621 g/mol. The summed E-state index contributed by atoms with van der Waals surface area (Å²) in [5.41, 5.74) is -2.14. The third-order valence-corrected chi connectivity index (χ3v) is 7.48. The van der Waals surface area contributed by atoms with Crippen LogP contribution in [0.5, 0.6) is 0 Å². The number of rotatable bonds is 5. The molecule has 3 nitrogen and oxygen atoms in total. The summed E-state index contributed by atoms with van der Waals surface area (Å²) < 4.78 is 128. The maximum Gasteiger partial charge on any atom is 0.418 e. The van der Waals surface area contributed by atoms with Crippen molar-refractivity contribution < 1.29 is 39.5 Å². The number of alkyl halides is 6. The van der Waals surface area contributed by atoms with Crippen LogP contribution in [0.25, 0.3) is 33.1 Å². The predicted octanol–water partition coefficient (Wildman–Crippen LogP) is 9.86. The molecule has 0 aliphatic carbocycles. The van der Waals surface area contributed by atoms with Gasteiger partial charge in [-0.3, -0.25) is 4.68 Å². The standard InChI is InChI=1S/C31H17ClF9N3/c32-19-5-6-23(30(36,37)38)18(11-19)14-43-9-8-16-10-17(4-7-27(16)43)29-21-2-1-3-24(31(39,40)41)28(21)42-44(29)15-22-25(34)12-20(33)13-26(22)35/h1-13H,14-15H2. The van der Waals surface area contributed by atoms with Crippen LogP contribution < -0.4 is 0 Å². The van der Waals surface area contributed by atoms with Gasteiger partial charge >= 0.3 is 12.4 Å². The van der Waals surface area contributed by atoms with Crippen molar-refractivity contribution in [3.8, 4) is 11.3 Å². The van der Waals surface area contributed by atoms with Crippen molar-refractivity contribution in [3.63, 3.8) is 0 Å². The van der Waals surface area contributed by atoms with Gasteiger partial charge in [0.1, 0.15) is 23.0 Å². The van der Waals surface area contributed by atoms with E-state index in [-0.39, 0.29) is 28.2 Å². The number of hydrogen-bond acceptors (Lipinski definition) is 1. The molecule has 0 atom stereocenters. The Morgan fingerprint density at radius 3 is 2.11 bits per heavy atom. The van der Waals surface area contributed by atoms with Gasteiger partial charge in [0.25, 0.3) is 0 Å². The van der Waals surface area contributed by atoms with Gasteiger partial charge in [0.05, 0.1) is 23.4 Å². The van der Waals surface area contributed by atoms with Crippen molar-refractivity contribution in [1.29, 1.82) is 0 Å². The number of hydrogen-bond donors (Lipinski definition) is 0. The van der Waals surface area contributed by atoms with Gasteiger partial charge < -0.3 is 4.57 Å². The average molecular weight is 638 g/mol. The van der Waals surface area contributed by atoms with Gasteiger partial charge in [0.2, 0.25) is 0 Å². The van der Waals surface area contributed by atoms with Crippen LogP contribution in [0.15, 0.2) is 79.0 Å². The fourth-order valence-corrected chi connectivity index (χ4v) is 5.51. The molecule has 0 radical (unpaired) electrons. The summed E-state index contributed by atoms with van der Waals surface area (Å²) in [5.74, 6) is -3.64. The van der Waals surface area contributed by atoms with Crippen LogP contribution in [0.2, 0.25) is 5.02 Å². The van der Waals surface area contributed by atoms with Crippen molar-refractivity contribution >= 4 is 33.4 Å². The van der Waals surface area contributed by atoms with Crippen molar-refractivity contribution in [2.45, 2.75) is 25.4 Å². The molecule has 6 aromatic rings. The minimum absolute atomic E-state index is 0.0373. The van der Waals surface area contributed by atoms with Gasteiger partial charge in [-0.1, -0.05) is 29.8 Å². The zero-order chi connectivity index (χ0) is 31.6. The molecule has 6 rings (SSSR count). The quantitative estimate of drug-likeness (QED) is 0.173. The van der Waals surface area contributed by atoms with Gasteiger partial charge in [-0.15, -0.1) is 0 Å². The van der Waals surface area contributed by atoms with Crippen molar-refractivity contribution in [2.24, 2.45) is 0 Å². The monoisotopic (exact) mass is 637 g/mol. The lowest BCUT2D eigenvalue weighted by Gasteiger charge is -2.15. The maximum absolute atomic E-state index is 14.6. The molecule has 0 bridgehead atoms. The fraction of sp³-hybridized carbons (Fsp3) is 0.129. The minimum Gasteiger partial charge on any atom is -0.343 e. The molecule has 226 valence electrons. The van der Waals surface area contributed by atoms with E-state index < -0.39 is 58.6 Å². The highest BCUT2D eigenvalue weighted by atomic mass is 35.5. The summed E-state index contributed by atoms with van der Waals surface area (Å²) in [6.45, 7) is -0.843. The van der Waals surface area contributed by atoms with Crippen LogP contribution in [0.4, 0.5) is 39.5 Å². The zero-order valence-corrected chi connectivity index (χ0v) is 22.8. The van der Waals surface area contributed by atoms with E-state index in [1.165, 1.54) is 24.3 Å². The lowest BCUT2D eigenvalue weighted by atomic mass is 10.0. The predicted molar refractivity (Wildman–Crippen MR) is 147 cm³/mol. The summed E-state index contributed by atoms with van der Waals surface area (Å²) in [7, 11) is 0. The van der Waals surface area contributed by atoms with Crippen LogP contribution >= 0.6 is 11.6 Å². The first-order valence-electron chi connectivity index (χ1n) is 12.9. The summed E-state index contributed by atoms with van der Waals surface area (Å²) in [6.07, 6.45) is -7.86. The Bertz CT molecular complexity index is 2030. The summed E-state index contributed by atoms with van der Waals surface area (Å²) >= 11 is 5.97. The molecule has 0 N–H and O–H groups in total. The molecule has 44 heavy (non-hydrogen) atoms. The van der Waals surface area contributed by atoms with Crippen molar-refractivity contribution in [2.75, 3.05) is 0 Å². The highest BCUT2D eigenvalue weighted by Crippen LogP contribution is 2.39. The van der Waals surface area contributed by atoms with E-state index in [9.17, 15) is 39.5 Å². The summed E-state index contributed by atoms with van der Waals surface area (Å²) in [6, 6.07) is 13.9. The minimum atomic E-state index is -4.79. The Hall–Kier alpha value is -4.45. The molecule has 0 saturated carbocycles. The second-order valence-electron chi connectivity index (χ2n) is 10.1. The Kier molecular flexibility index (Phi) is 7.15. The molecule has 0 aliphatic heterocycles. The Labute approximate surface area is 247 Å². The van der Waals surface area contributed by atoms with Gasteiger partial charge in [0.15, 0.2) is 0 Å². The Balaban J connectivity index is 1.49. The first-order valence-corrected chi connectivity index (χ1v) is 13.2. The smallest absolute Gasteiger partial charge is 0.343 e. The van der Waals surface area contributed by atoms with Gasteiger partial charge in [-0.05, 0) is 48.0 Å². The van der Waals surface area contributed by atoms with E-state index in [0.29, 0.717) is 28.6 Å². The fourth-order valence-electron chi connectivity index (χ4n) is 5.31. The maximum atomic E-state index is 14.6. The molecule has 2 heterocycles. The summed E-state index contributed by atoms with van der Waals surface area (Å²) in [4.78, 5) is 0. The number of halogens is 10. The lowest BCUT2D eigenvalue weighted by molar-refractivity contribution is -0.138. The van der Waals surface area contributed by atoms with E-state index in [1.807, 2.05) is 0 Å². The van der Waals surface area contributed by atoms with Crippen LogP contribution in [0.1, 0.15) is 22.3 Å². The molecule has 13 heteroatoms. The normalized spacial score (nSPS) is 12.5. The van der Waals surface area contributed by atoms with Gasteiger partial charge in [0, 0.05) is 57.3 Å². The molecule has 0 aliphatic rings. The SMILES string of the molecule is Fc1cc(F)c(Cn2nc3c(C(F)(F)F)cccc3c2-c2ccc3c(ccn3Cc3cc(Cl)ccc3C(F)(F)F)c2)c(F)c1. The second-order valence-corrected chi connectivity index (χ2v) is 10.5. The second kappa shape index (κ2) is 10.6. The van der Waals surface area contributed by atoms with Crippen LogP contribution in [-0.4, -0.2) is 14.3 Å². The van der Waals surface area contributed by atoms with E-state index in [2.05, 4.69) is 5.10 Å². The largest absolute Gasteiger partial charge is 0.418 e. The molecule has 0 spiro atoms. The molecule has 0 amide bonds. The average Bonchev–Trinajstić information content (AvgIpc) is 3.49. The zero-order valence-electron chi connectivity index (χ0n) is 22.0. The number of nitrogens with zero attached hydrogens (tertiary/aromatic N) is 3. The number of benzene rings is 4. The first-order chi connectivity index (χ1) is 20.7. The molecule has 0 unspecified atom stereocenters. The van der Waals surface area contributed by atoms with Gasteiger partial charge in [-0.2, -0.15) is 31.4 Å². The highest BCUT2D eigenvalue weighted by molar-refractivity contribution is 6.30. The molecule has 2 aromatic heterocycles. The summed E-state index contributed by atoms with van der Waals surface area (Å²) in [5, 5.41) is 4.76. The van der Waals surface area contributed by atoms with E-state index in [4.69, 9.17) is 11.6 Å². The number of aromatic nitrogens is 3. The van der Waals surface area contributed by atoms with E-state index >= 15 is 0 Å².